The van der Waals surface area contributed by atoms with E-state index < -0.39 is 0 Å². The van der Waals surface area contributed by atoms with Gasteiger partial charge in [0.05, 0.1) is 5.56 Å². The van der Waals surface area contributed by atoms with Crippen molar-refractivity contribution >= 4 is 38.9 Å². The molecule has 2 aliphatic rings. The lowest BCUT2D eigenvalue weighted by molar-refractivity contribution is 0.615. The van der Waals surface area contributed by atoms with Crippen molar-refractivity contribution in [2.45, 2.75) is 0 Å². The average molecular weight is 517 g/mol. The van der Waals surface area contributed by atoms with Crippen LogP contribution in [0.25, 0.3) is 44.5 Å². The van der Waals surface area contributed by atoms with Crippen molar-refractivity contribution in [3.8, 4) is 28.7 Å². The normalized spacial score (nSPS) is 11.1. The maximum Gasteiger partial charge on any atom is 0.198 e. The van der Waals surface area contributed by atoms with Crippen molar-refractivity contribution in [2.75, 3.05) is 4.90 Å². The molecule has 0 amide bonds. The van der Waals surface area contributed by atoms with Crippen LogP contribution in [0.4, 0.5) is 17.1 Å². The van der Waals surface area contributed by atoms with Gasteiger partial charge in [0.1, 0.15) is 23.0 Å². The van der Waals surface area contributed by atoms with E-state index in [1.807, 2.05) is 78.9 Å². The molecule has 1 aliphatic heterocycles. The third-order valence-corrected chi connectivity index (χ3v) is 6.94. The van der Waals surface area contributed by atoms with Crippen LogP contribution in [0, 0.1) is 11.3 Å². The van der Waals surface area contributed by atoms with Gasteiger partial charge in [0, 0.05) is 45.7 Å². The van der Waals surface area contributed by atoms with Crippen LogP contribution in [0.1, 0.15) is 5.69 Å². The Morgan fingerprint density at radius 1 is 0.725 bits per heavy atom. The van der Waals surface area contributed by atoms with Gasteiger partial charge in [-0.25, -0.2) is 9.97 Å². The lowest BCUT2D eigenvalue weighted by Gasteiger charge is -2.25. The molecule has 1 aromatic heterocycles. The second kappa shape index (κ2) is 9.50. The third kappa shape index (κ3) is 3.85. The molecular weight excluding hydrogens is 496 g/mol. The van der Waals surface area contributed by atoms with Gasteiger partial charge >= 0.3 is 0 Å². The number of hydrogen-bond acceptors (Lipinski definition) is 6. The highest BCUT2D eigenvalue weighted by Gasteiger charge is 2.24. The summed E-state index contributed by atoms with van der Waals surface area (Å²) >= 11 is 0. The van der Waals surface area contributed by atoms with E-state index in [-0.39, 0.29) is 11.1 Å². The van der Waals surface area contributed by atoms with Crippen molar-refractivity contribution < 1.29 is 4.42 Å². The molecule has 0 saturated carbocycles. The second-order valence-electron chi connectivity index (χ2n) is 9.34. The molecule has 4 aromatic carbocycles. The van der Waals surface area contributed by atoms with Crippen LogP contribution in [-0.4, -0.2) is 9.97 Å². The molecule has 0 radical (unpaired) electrons. The fourth-order valence-corrected chi connectivity index (χ4v) is 5.09. The quantitative estimate of drug-likeness (QED) is 0.175. The van der Waals surface area contributed by atoms with Gasteiger partial charge in [0.2, 0.25) is 0 Å². The minimum atomic E-state index is -0.175. The molecule has 5 aromatic rings. The van der Waals surface area contributed by atoms with Gasteiger partial charge in [-0.05, 0) is 48.5 Å². The van der Waals surface area contributed by atoms with E-state index in [1.165, 1.54) is 6.20 Å². The zero-order valence-electron chi connectivity index (χ0n) is 21.2. The first kappa shape index (κ1) is 23.3. The van der Waals surface area contributed by atoms with Gasteiger partial charge in [-0.3, -0.25) is 4.79 Å². The number of para-hydroxylation sites is 2. The first-order valence-electron chi connectivity index (χ1n) is 12.8. The molecule has 0 fully saturated rings. The predicted octanol–water partition coefficient (Wildman–Crippen LogP) is 7.85. The standard InChI is InChI=1S/C34H20N4O2/c35-20-23-16-15-22(21-36-23)31-33(39)28-14-8-7-13-27(28)32-34(31)40-30-19-26(17-18-29(30)37-32)38(24-9-3-1-4-10-24)25-11-5-2-6-12-25/h1-19,21H. The number of pyridine rings is 1. The fourth-order valence-electron chi connectivity index (χ4n) is 5.09. The Balaban J connectivity index is 1.51. The maximum atomic E-state index is 13.8. The van der Waals surface area contributed by atoms with E-state index in [4.69, 9.17) is 9.40 Å². The monoisotopic (exact) mass is 516 g/mol. The number of fused-ring (bicyclic) bond motifs is 4. The number of aromatic nitrogens is 2. The van der Waals surface area contributed by atoms with E-state index in [9.17, 15) is 10.1 Å². The minimum absolute atomic E-state index is 0.175. The molecule has 0 N–H and O–H groups in total. The van der Waals surface area contributed by atoms with Crippen LogP contribution >= 0.6 is 0 Å². The summed E-state index contributed by atoms with van der Waals surface area (Å²) in [5.74, 6) is 0.380. The summed E-state index contributed by atoms with van der Waals surface area (Å²) in [7, 11) is 0. The summed E-state index contributed by atoms with van der Waals surface area (Å²) in [6.45, 7) is 0. The number of anilines is 3. The smallest absolute Gasteiger partial charge is 0.198 e. The predicted molar refractivity (Wildman–Crippen MR) is 157 cm³/mol. The van der Waals surface area contributed by atoms with Crippen molar-refractivity contribution in [1.82, 2.24) is 9.97 Å². The van der Waals surface area contributed by atoms with Crippen molar-refractivity contribution in [3.05, 3.63) is 137 Å². The van der Waals surface area contributed by atoms with E-state index in [1.54, 1.807) is 18.2 Å². The second-order valence-corrected chi connectivity index (χ2v) is 9.34. The summed E-state index contributed by atoms with van der Waals surface area (Å²) in [5, 5.41) is 10.5. The topological polar surface area (TPSA) is 83.0 Å². The summed E-state index contributed by atoms with van der Waals surface area (Å²) in [6, 6.07) is 38.9. The van der Waals surface area contributed by atoms with Gasteiger partial charge in [-0.1, -0.05) is 60.7 Å². The molecule has 6 heteroatoms. The molecule has 0 spiro atoms. The molecule has 40 heavy (non-hydrogen) atoms. The Labute approximate surface area is 229 Å². The lowest BCUT2D eigenvalue weighted by atomic mass is 9.95. The van der Waals surface area contributed by atoms with Gasteiger partial charge in [0.25, 0.3) is 0 Å². The molecule has 188 valence electrons. The minimum Gasteiger partial charge on any atom is -0.452 e. The Bertz CT molecular complexity index is 2040. The molecule has 1 aliphatic carbocycles. The summed E-state index contributed by atoms with van der Waals surface area (Å²) < 4.78 is 6.56. The van der Waals surface area contributed by atoms with Crippen LogP contribution in [0.5, 0.6) is 0 Å². The Morgan fingerprint density at radius 3 is 2.05 bits per heavy atom. The first-order valence-corrected chi connectivity index (χ1v) is 12.8. The molecule has 7 rings (SSSR count). The molecule has 6 nitrogen and oxygen atoms in total. The third-order valence-electron chi connectivity index (χ3n) is 6.94. The highest BCUT2D eigenvalue weighted by Crippen LogP contribution is 2.40. The lowest BCUT2D eigenvalue weighted by Crippen LogP contribution is -2.11. The van der Waals surface area contributed by atoms with Crippen LogP contribution in [0.3, 0.4) is 0 Å². The van der Waals surface area contributed by atoms with E-state index in [0.717, 1.165) is 22.4 Å². The molecule has 0 unspecified atom stereocenters. The van der Waals surface area contributed by atoms with Crippen molar-refractivity contribution in [2.24, 2.45) is 0 Å². The van der Waals surface area contributed by atoms with Gasteiger partial charge in [-0.15, -0.1) is 0 Å². The Hall–Kier alpha value is -5.80. The first-order chi connectivity index (χ1) is 19.7. The highest BCUT2D eigenvalue weighted by atomic mass is 16.3. The van der Waals surface area contributed by atoms with Crippen LogP contribution in [0.2, 0.25) is 0 Å². The number of hydrogen-bond donors (Lipinski definition) is 0. The zero-order valence-corrected chi connectivity index (χ0v) is 21.2. The Morgan fingerprint density at radius 2 is 1.40 bits per heavy atom. The molecule has 0 saturated heterocycles. The SMILES string of the molecule is N#Cc1ccc(-c2c3oc4cc(N(c5ccccc5)c5ccccc5)ccc4nc-3c3ccccc3c2=O)cn1. The zero-order chi connectivity index (χ0) is 27.1. The average Bonchev–Trinajstić information content (AvgIpc) is 3.02. The summed E-state index contributed by atoms with van der Waals surface area (Å²) in [5.41, 5.74) is 5.73. The van der Waals surface area contributed by atoms with Crippen molar-refractivity contribution in [1.29, 1.82) is 5.26 Å². The van der Waals surface area contributed by atoms with E-state index in [0.29, 0.717) is 39.1 Å². The fraction of sp³-hybridized carbons (Fsp3) is 0. The largest absolute Gasteiger partial charge is 0.452 e. The summed E-state index contributed by atoms with van der Waals surface area (Å²) in [6.07, 6.45) is 1.53. The highest BCUT2D eigenvalue weighted by molar-refractivity contribution is 6.02. The Kier molecular flexibility index (Phi) is 5.54. The number of nitrogens with zero attached hydrogens (tertiary/aromatic N) is 4. The maximum absolute atomic E-state index is 13.8. The molecule has 0 bridgehead atoms. The van der Waals surface area contributed by atoms with Gasteiger partial charge in [0.15, 0.2) is 16.8 Å². The van der Waals surface area contributed by atoms with Gasteiger partial charge in [-0.2, -0.15) is 5.26 Å². The number of benzene rings is 5. The number of nitriles is 1. The summed E-state index contributed by atoms with van der Waals surface area (Å²) in [4.78, 5) is 25.1. The van der Waals surface area contributed by atoms with Crippen molar-refractivity contribution in [3.63, 3.8) is 0 Å². The van der Waals surface area contributed by atoms with Crippen LogP contribution in [-0.2, 0) is 0 Å². The van der Waals surface area contributed by atoms with Gasteiger partial charge < -0.3 is 9.32 Å². The van der Waals surface area contributed by atoms with E-state index >= 15 is 0 Å². The molecule has 0 atom stereocenters. The molecular formula is C34H20N4O2. The van der Waals surface area contributed by atoms with E-state index in [2.05, 4.69) is 34.1 Å². The van der Waals surface area contributed by atoms with Crippen LogP contribution < -0.4 is 10.3 Å². The number of rotatable bonds is 4. The molecule has 2 heterocycles. The van der Waals surface area contributed by atoms with Crippen LogP contribution in [0.15, 0.2) is 131 Å².